The third-order valence-electron chi connectivity index (χ3n) is 7.34. The number of piperazine rings is 1. The van der Waals surface area contributed by atoms with E-state index in [1.54, 1.807) is 7.11 Å². The smallest absolute Gasteiger partial charge is 0.196 e. The molecule has 1 fully saturated rings. The average Bonchev–Trinajstić information content (AvgIpc) is 3.42. The maximum Gasteiger partial charge on any atom is 0.196 e. The summed E-state index contributed by atoms with van der Waals surface area (Å²) in [5.41, 5.74) is 5.23. The van der Waals surface area contributed by atoms with Crippen molar-refractivity contribution >= 4 is 39.6 Å². The van der Waals surface area contributed by atoms with Gasteiger partial charge in [-0.15, -0.1) is 0 Å². The van der Waals surface area contributed by atoms with Gasteiger partial charge in [0.1, 0.15) is 17.1 Å². The van der Waals surface area contributed by atoms with E-state index in [1.807, 2.05) is 79.0 Å². The zero-order chi connectivity index (χ0) is 25.6. The summed E-state index contributed by atoms with van der Waals surface area (Å²) in [6.45, 7) is 3.24. The van der Waals surface area contributed by atoms with Crippen molar-refractivity contribution in [2.45, 2.75) is 0 Å². The molecule has 0 amide bonds. The van der Waals surface area contributed by atoms with Crippen molar-refractivity contribution in [2.75, 3.05) is 48.4 Å². The molecule has 0 saturated carbocycles. The molecule has 8 heteroatoms. The average molecular weight is 504 g/mol. The normalized spacial score (nSPS) is 14.5. The molecule has 1 aliphatic carbocycles. The van der Waals surface area contributed by atoms with Crippen LogP contribution in [-0.2, 0) is 0 Å². The second-order valence-electron chi connectivity index (χ2n) is 9.44. The monoisotopic (exact) mass is 503 g/mol. The van der Waals surface area contributed by atoms with Crippen LogP contribution in [0.4, 0.5) is 22.9 Å². The molecule has 1 saturated heterocycles. The van der Waals surface area contributed by atoms with Crippen LogP contribution in [-0.4, -0.2) is 49.2 Å². The topological polar surface area (TPSA) is 83.7 Å². The number of rotatable bonds is 5. The first-order chi connectivity index (χ1) is 18.7. The van der Waals surface area contributed by atoms with Crippen molar-refractivity contribution in [1.29, 1.82) is 0 Å². The molecule has 3 heterocycles. The van der Waals surface area contributed by atoms with Gasteiger partial charge in [0.25, 0.3) is 0 Å². The zero-order valence-electron chi connectivity index (χ0n) is 20.8. The molecule has 2 aromatic heterocycles. The largest absolute Gasteiger partial charge is 0.497 e. The van der Waals surface area contributed by atoms with Crippen molar-refractivity contribution in [3.05, 3.63) is 90.1 Å². The van der Waals surface area contributed by atoms with E-state index in [4.69, 9.17) is 9.26 Å². The number of nitrogens with one attached hydrogen (secondary N) is 1. The van der Waals surface area contributed by atoms with Gasteiger partial charge in [0.15, 0.2) is 11.5 Å². The number of benzene rings is 3. The number of fused-ring (bicyclic) bond motifs is 2. The number of nitrogens with zero attached hydrogens (tertiary/aromatic N) is 4. The van der Waals surface area contributed by atoms with Gasteiger partial charge in [0, 0.05) is 49.2 Å². The first kappa shape index (κ1) is 22.4. The van der Waals surface area contributed by atoms with Crippen LogP contribution in [0.5, 0.6) is 5.75 Å². The number of ether oxygens (including phenoxy) is 1. The number of ketones is 1. The fraction of sp³-hybridized carbons (Fsp3) is 0.167. The fourth-order valence-corrected chi connectivity index (χ4v) is 5.43. The third kappa shape index (κ3) is 3.56. The van der Waals surface area contributed by atoms with E-state index in [0.29, 0.717) is 22.4 Å². The molecule has 3 aromatic carbocycles. The van der Waals surface area contributed by atoms with E-state index in [9.17, 15) is 4.79 Å². The molecule has 0 atom stereocenters. The number of hydrogen-bond donors (Lipinski definition) is 1. The third-order valence-corrected chi connectivity index (χ3v) is 7.34. The number of pyridine rings is 1. The van der Waals surface area contributed by atoms with E-state index in [1.165, 1.54) is 0 Å². The van der Waals surface area contributed by atoms with E-state index in [2.05, 4.69) is 25.3 Å². The molecule has 0 radical (unpaired) electrons. The molecule has 5 aromatic rings. The van der Waals surface area contributed by atoms with Crippen molar-refractivity contribution < 1.29 is 14.1 Å². The lowest BCUT2D eigenvalue weighted by Gasteiger charge is -2.37. The summed E-state index contributed by atoms with van der Waals surface area (Å²) >= 11 is 0. The number of aromatic nitrogens is 2. The second kappa shape index (κ2) is 8.92. The predicted octanol–water partition coefficient (Wildman–Crippen LogP) is 5.51. The molecular formula is C30H25N5O3. The number of methoxy groups -OCH3 is 1. The Bertz CT molecular complexity index is 1660. The molecule has 2 aliphatic rings. The molecular weight excluding hydrogens is 478 g/mol. The highest BCUT2D eigenvalue weighted by atomic mass is 16.5. The Morgan fingerprint density at radius 3 is 2.37 bits per heavy atom. The predicted molar refractivity (Wildman–Crippen MR) is 148 cm³/mol. The second-order valence-corrected chi connectivity index (χ2v) is 9.44. The lowest BCUT2D eigenvalue weighted by molar-refractivity contribution is 0.104. The Morgan fingerprint density at radius 1 is 0.895 bits per heavy atom. The van der Waals surface area contributed by atoms with Crippen LogP contribution in [0.1, 0.15) is 15.9 Å². The molecule has 0 unspecified atom stereocenters. The van der Waals surface area contributed by atoms with Gasteiger partial charge in [-0.25, -0.2) is 4.98 Å². The maximum atomic E-state index is 13.8. The molecule has 8 nitrogen and oxygen atoms in total. The summed E-state index contributed by atoms with van der Waals surface area (Å²) in [6.07, 6.45) is 1.82. The van der Waals surface area contributed by atoms with E-state index >= 15 is 0 Å². The number of carbonyl (C=O) groups is 1. The van der Waals surface area contributed by atoms with Gasteiger partial charge in [0.05, 0.1) is 29.4 Å². The van der Waals surface area contributed by atoms with E-state index in [-0.39, 0.29) is 5.78 Å². The Hall–Kier alpha value is -4.85. The van der Waals surface area contributed by atoms with Gasteiger partial charge in [-0.1, -0.05) is 35.5 Å². The van der Waals surface area contributed by atoms with Gasteiger partial charge < -0.3 is 24.4 Å². The Kier molecular flexibility index (Phi) is 5.25. The first-order valence-corrected chi connectivity index (χ1v) is 12.6. The first-order valence-electron chi connectivity index (χ1n) is 12.6. The summed E-state index contributed by atoms with van der Waals surface area (Å²) in [4.78, 5) is 22.9. The molecule has 188 valence electrons. The number of hydrogen-bond acceptors (Lipinski definition) is 8. The lowest BCUT2D eigenvalue weighted by Crippen LogP contribution is -2.47. The van der Waals surface area contributed by atoms with Crippen LogP contribution in [0.2, 0.25) is 0 Å². The zero-order valence-corrected chi connectivity index (χ0v) is 20.8. The standard InChI is InChI=1S/C30H25N5O3/c1-37-20-11-9-19(10-12-20)32-23-18-24(34-14-16-35(17-15-34)25-8-4-5-13-31-25)28-27-26(23)29(36)21-6-2-3-7-22(21)30(27)38-33-28/h2-13,18,32H,14-17H2,1H3. The van der Waals surface area contributed by atoms with Crippen LogP contribution >= 0.6 is 0 Å². The van der Waals surface area contributed by atoms with Crippen molar-refractivity contribution in [2.24, 2.45) is 0 Å². The van der Waals surface area contributed by atoms with Crippen LogP contribution < -0.4 is 19.9 Å². The van der Waals surface area contributed by atoms with E-state index in [0.717, 1.165) is 65.8 Å². The van der Waals surface area contributed by atoms with Crippen molar-refractivity contribution in [3.63, 3.8) is 0 Å². The van der Waals surface area contributed by atoms with Gasteiger partial charge in [-0.2, -0.15) is 0 Å². The van der Waals surface area contributed by atoms with Crippen LogP contribution in [0.25, 0.3) is 22.2 Å². The highest BCUT2D eigenvalue weighted by Gasteiger charge is 2.34. The highest BCUT2D eigenvalue weighted by Crippen LogP contribution is 2.46. The van der Waals surface area contributed by atoms with Gasteiger partial charge >= 0.3 is 0 Å². The minimum absolute atomic E-state index is 0.0381. The quantitative estimate of drug-likeness (QED) is 0.330. The van der Waals surface area contributed by atoms with Crippen LogP contribution in [0.15, 0.2) is 83.5 Å². The number of carbonyl (C=O) groups excluding carboxylic acids is 1. The molecule has 0 spiro atoms. The lowest BCUT2D eigenvalue weighted by atomic mass is 9.86. The van der Waals surface area contributed by atoms with Crippen molar-refractivity contribution in [1.82, 2.24) is 10.1 Å². The Morgan fingerprint density at radius 2 is 1.63 bits per heavy atom. The molecule has 7 rings (SSSR count). The van der Waals surface area contributed by atoms with Crippen molar-refractivity contribution in [3.8, 4) is 17.1 Å². The summed E-state index contributed by atoms with van der Waals surface area (Å²) < 4.78 is 11.2. The Balaban J connectivity index is 1.33. The van der Waals surface area contributed by atoms with Gasteiger partial charge in [0.2, 0.25) is 0 Å². The number of anilines is 4. The molecule has 0 bridgehead atoms. The maximum absolute atomic E-state index is 13.8. The minimum Gasteiger partial charge on any atom is -0.497 e. The molecule has 1 aliphatic heterocycles. The van der Waals surface area contributed by atoms with Gasteiger partial charge in [-0.05, 0) is 42.5 Å². The van der Waals surface area contributed by atoms with Crippen LogP contribution in [0, 0.1) is 0 Å². The summed E-state index contributed by atoms with van der Waals surface area (Å²) in [7, 11) is 1.64. The van der Waals surface area contributed by atoms with Gasteiger partial charge in [-0.3, -0.25) is 4.79 Å². The summed E-state index contributed by atoms with van der Waals surface area (Å²) in [6, 6.07) is 23.3. The minimum atomic E-state index is -0.0381. The highest BCUT2D eigenvalue weighted by molar-refractivity contribution is 6.28. The van der Waals surface area contributed by atoms with Crippen LogP contribution in [0.3, 0.4) is 0 Å². The molecule has 38 heavy (non-hydrogen) atoms. The molecule has 1 N–H and O–H groups in total. The summed E-state index contributed by atoms with van der Waals surface area (Å²) in [5, 5.41) is 8.77. The fourth-order valence-electron chi connectivity index (χ4n) is 5.43. The SMILES string of the molecule is COc1ccc(Nc2cc(N3CCN(c4ccccn4)CC3)c3noc4c3c2C(=O)c2ccccc2-4)cc1. The Labute approximate surface area is 219 Å². The summed E-state index contributed by atoms with van der Waals surface area (Å²) in [5.74, 6) is 2.35. The van der Waals surface area contributed by atoms with E-state index < -0.39 is 0 Å².